The van der Waals surface area contributed by atoms with Crippen LogP contribution in [0.25, 0.3) is 0 Å². The Balaban J connectivity index is 2.18. The van der Waals surface area contributed by atoms with Gasteiger partial charge in [0.05, 0.1) is 12.7 Å². The lowest BCUT2D eigenvalue weighted by Gasteiger charge is -2.07. The lowest BCUT2D eigenvalue weighted by Crippen LogP contribution is -2.13. The molecular weight excluding hydrogens is 245 g/mol. The fourth-order valence-electron chi connectivity index (χ4n) is 1.64. The van der Waals surface area contributed by atoms with Crippen LogP contribution in [-0.2, 0) is 0 Å². The number of aryl methyl sites for hydroxylation is 1. The van der Waals surface area contributed by atoms with E-state index in [1.165, 1.54) is 19.2 Å². The van der Waals surface area contributed by atoms with Crippen molar-refractivity contribution in [1.29, 1.82) is 0 Å². The third kappa shape index (κ3) is 3.10. The molecule has 0 heterocycles. The number of halogens is 1. The third-order valence-corrected chi connectivity index (χ3v) is 2.73. The van der Waals surface area contributed by atoms with Crippen LogP contribution in [0.4, 0.5) is 10.1 Å². The normalized spacial score (nSPS) is 10.1. The van der Waals surface area contributed by atoms with Gasteiger partial charge in [0.15, 0.2) is 0 Å². The summed E-state index contributed by atoms with van der Waals surface area (Å²) in [4.78, 5) is 11.9. The Morgan fingerprint density at radius 2 is 1.84 bits per heavy atom. The lowest BCUT2D eigenvalue weighted by molar-refractivity contribution is 0.102. The first-order valence-corrected chi connectivity index (χ1v) is 5.81. The van der Waals surface area contributed by atoms with Crippen molar-refractivity contribution in [3.05, 3.63) is 59.4 Å². The van der Waals surface area contributed by atoms with E-state index in [0.717, 1.165) is 5.56 Å². The maximum Gasteiger partial charge on any atom is 0.258 e. The Hall–Kier alpha value is -2.36. The average molecular weight is 259 g/mol. The molecule has 2 aromatic rings. The Labute approximate surface area is 111 Å². The molecule has 0 aliphatic rings. The van der Waals surface area contributed by atoms with E-state index in [9.17, 15) is 9.18 Å². The second-order valence-electron chi connectivity index (χ2n) is 4.17. The fraction of sp³-hybridized carbons (Fsp3) is 0.133. The third-order valence-electron chi connectivity index (χ3n) is 2.73. The number of anilines is 1. The molecule has 0 spiro atoms. The number of carbonyl (C=O) groups excluding carboxylic acids is 1. The van der Waals surface area contributed by atoms with Gasteiger partial charge in [-0.05, 0) is 31.2 Å². The number of hydrogen-bond donors (Lipinski definition) is 1. The first-order chi connectivity index (χ1) is 9.10. The molecule has 0 atom stereocenters. The molecule has 1 amide bonds. The monoisotopic (exact) mass is 259 g/mol. The number of rotatable bonds is 3. The molecule has 0 aliphatic carbocycles. The summed E-state index contributed by atoms with van der Waals surface area (Å²) in [5, 5.41) is 2.64. The molecule has 0 bridgehead atoms. The van der Waals surface area contributed by atoms with E-state index in [-0.39, 0.29) is 5.56 Å². The largest absolute Gasteiger partial charge is 0.497 e. The van der Waals surface area contributed by atoms with Gasteiger partial charge in [-0.3, -0.25) is 4.79 Å². The Morgan fingerprint density at radius 3 is 2.42 bits per heavy atom. The standard InChI is InChI=1S/C15H14FNO2/c1-10-3-5-11(6-4-10)17-15(18)13-8-7-12(19-2)9-14(13)16/h3-9H,1-2H3,(H,17,18). The predicted molar refractivity (Wildman–Crippen MR) is 72.1 cm³/mol. The number of methoxy groups -OCH3 is 1. The Kier molecular flexibility index (Phi) is 3.80. The number of hydrogen-bond acceptors (Lipinski definition) is 2. The summed E-state index contributed by atoms with van der Waals surface area (Å²) in [6.07, 6.45) is 0. The van der Waals surface area contributed by atoms with Gasteiger partial charge in [0.1, 0.15) is 11.6 Å². The van der Waals surface area contributed by atoms with E-state index in [0.29, 0.717) is 11.4 Å². The minimum Gasteiger partial charge on any atom is -0.497 e. The minimum absolute atomic E-state index is 0.0126. The molecular formula is C15H14FNO2. The van der Waals surface area contributed by atoms with Gasteiger partial charge >= 0.3 is 0 Å². The summed E-state index contributed by atoms with van der Waals surface area (Å²) in [6, 6.07) is 11.4. The summed E-state index contributed by atoms with van der Waals surface area (Å²) in [5.74, 6) is -0.711. The first kappa shape index (κ1) is 13.1. The van der Waals surface area contributed by atoms with E-state index in [1.54, 1.807) is 18.2 Å². The zero-order chi connectivity index (χ0) is 13.8. The molecule has 0 radical (unpaired) electrons. The van der Waals surface area contributed by atoms with Gasteiger partial charge in [-0.25, -0.2) is 4.39 Å². The summed E-state index contributed by atoms with van der Waals surface area (Å²) in [7, 11) is 1.45. The molecule has 0 aliphatic heterocycles. The highest BCUT2D eigenvalue weighted by Gasteiger charge is 2.12. The van der Waals surface area contributed by atoms with Crippen molar-refractivity contribution in [2.24, 2.45) is 0 Å². The topological polar surface area (TPSA) is 38.3 Å². The van der Waals surface area contributed by atoms with Crippen LogP contribution in [0, 0.1) is 12.7 Å². The summed E-state index contributed by atoms with van der Waals surface area (Å²) in [6.45, 7) is 1.95. The van der Waals surface area contributed by atoms with Gasteiger partial charge in [0.25, 0.3) is 5.91 Å². The van der Waals surface area contributed by atoms with Crippen LogP contribution >= 0.6 is 0 Å². The van der Waals surface area contributed by atoms with Crippen molar-refractivity contribution >= 4 is 11.6 Å². The van der Waals surface area contributed by atoms with E-state index in [4.69, 9.17) is 4.74 Å². The Morgan fingerprint density at radius 1 is 1.16 bits per heavy atom. The SMILES string of the molecule is COc1ccc(C(=O)Nc2ccc(C)cc2)c(F)c1. The average Bonchev–Trinajstić information content (AvgIpc) is 2.41. The number of amides is 1. The second-order valence-corrected chi connectivity index (χ2v) is 4.17. The molecule has 2 rings (SSSR count). The van der Waals surface area contributed by atoms with Crippen LogP contribution < -0.4 is 10.1 Å². The number of nitrogens with one attached hydrogen (secondary N) is 1. The van der Waals surface area contributed by atoms with E-state index < -0.39 is 11.7 Å². The van der Waals surface area contributed by atoms with Crippen LogP contribution in [-0.4, -0.2) is 13.0 Å². The molecule has 19 heavy (non-hydrogen) atoms. The highest BCUT2D eigenvalue weighted by atomic mass is 19.1. The molecule has 0 saturated heterocycles. The molecule has 0 saturated carbocycles. The van der Waals surface area contributed by atoms with E-state index >= 15 is 0 Å². The maximum absolute atomic E-state index is 13.7. The fourth-order valence-corrected chi connectivity index (χ4v) is 1.64. The van der Waals surface area contributed by atoms with Crippen molar-refractivity contribution in [3.8, 4) is 5.75 Å². The molecule has 0 fully saturated rings. The van der Waals surface area contributed by atoms with Gasteiger partial charge in [-0.15, -0.1) is 0 Å². The second kappa shape index (κ2) is 5.52. The highest BCUT2D eigenvalue weighted by molar-refractivity contribution is 6.04. The van der Waals surface area contributed by atoms with E-state index in [2.05, 4.69) is 5.32 Å². The van der Waals surface area contributed by atoms with Crippen LogP contribution in [0.15, 0.2) is 42.5 Å². The molecule has 0 unspecified atom stereocenters. The van der Waals surface area contributed by atoms with Crippen LogP contribution in [0.1, 0.15) is 15.9 Å². The van der Waals surface area contributed by atoms with Crippen molar-refractivity contribution < 1.29 is 13.9 Å². The van der Waals surface area contributed by atoms with Crippen LogP contribution in [0.2, 0.25) is 0 Å². The summed E-state index contributed by atoms with van der Waals surface area (Å²) < 4.78 is 18.6. The van der Waals surface area contributed by atoms with Gasteiger partial charge in [0.2, 0.25) is 0 Å². The summed E-state index contributed by atoms with van der Waals surface area (Å²) in [5.41, 5.74) is 1.71. The Bertz CT molecular complexity index is 594. The molecule has 4 heteroatoms. The highest BCUT2D eigenvalue weighted by Crippen LogP contribution is 2.18. The van der Waals surface area contributed by atoms with Crippen molar-refractivity contribution in [2.75, 3.05) is 12.4 Å². The zero-order valence-electron chi connectivity index (χ0n) is 10.7. The molecule has 98 valence electrons. The van der Waals surface area contributed by atoms with E-state index in [1.807, 2.05) is 19.1 Å². The first-order valence-electron chi connectivity index (χ1n) is 5.81. The molecule has 3 nitrogen and oxygen atoms in total. The lowest BCUT2D eigenvalue weighted by atomic mass is 10.1. The zero-order valence-corrected chi connectivity index (χ0v) is 10.7. The van der Waals surface area contributed by atoms with Gasteiger partial charge in [0, 0.05) is 11.8 Å². The number of carbonyl (C=O) groups is 1. The van der Waals surface area contributed by atoms with Gasteiger partial charge in [-0.2, -0.15) is 0 Å². The number of benzene rings is 2. The number of ether oxygens (including phenoxy) is 1. The van der Waals surface area contributed by atoms with Crippen molar-refractivity contribution in [1.82, 2.24) is 0 Å². The molecule has 1 N–H and O–H groups in total. The predicted octanol–water partition coefficient (Wildman–Crippen LogP) is 3.40. The van der Waals surface area contributed by atoms with Crippen LogP contribution in [0.5, 0.6) is 5.75 Å². The maximum atomic E-state index is 13.7. The van der Waals surface area contributed by atoms with Crippen molar-refractivity contribution in [3.63, 3.8) is 0 Å². The quantitative estimate of drug-likeness (QED) is 0.917. The molecule has 2 aromatic carbocycles. The smallest absolute Gasteiger partial charge is 0.258 e. The van der Waals surface area contributed by atoms with Gasteiger partial charge in [-0.1, -0.05) is 17.7 Å². The summed E-state index contributed by atoms with van der Waals surface area (Å²) >= 11 is 0. The van der Waals surface area contributed by atoms with Crippen molar-refractivity contribution in [2.45, 2.75) is 6.92 Å². The molecule has 0 aromatic heterocycles. The minimum atomic E-state index is -0.607. The van der Waals surface area contributed by atoms with Gasteiger partial charge < -0.3 is 10.1 Å². The van der Waals surface area contributed by atoms with Crippen LogP contribution in [0.3, 0.4) is 0 Å².